The molecule has 4 heteroatoms. The van der Waals surface area contributed by atoms with Crippen molar-refractivity contribution < 1.29 is 4.79 Å². The van der Waals surface area contributed by atoms with Crippen molar-refractivity contribution in [3.63, 3.8) is 0 Å². The highest BCUT2D eigenvalue weighted by Crippen LogP contribution is 2.29. The van der Waals surface area contributed by atoms with Crippen LogP contribution in [0.1, 0.15) is 17.5 Å². The normalized spacial score (nSPS) is 10.5. The Kier molecular flexibility index (Phi) is 6.40. The van der Waals surface area contributed by atoms with Gasteiger partial charge in [0.1, 0.15) is 0 Å². The Balaban J connectivity index is 1.96. The summed E-state index contributed by atoms with van der Waals surface area (Å²) < 4.78 is 0. The predicted octanol–water partition coefficient (Wildman–Crippen LogP) is 5.15. The number of nitrogens with one attached hydrogen (secondary N) is 1. The van der Waals surface area contributed by atoms with Gasteiger partial charge < -0.3 is 5.32 Å². The second-order valence-electron chi connectivity index (χ2n) is 5.16. The lowest BCUT2D eigenvalue weighted by molar-refractivity contribution is -0.115. The van der Waals surface area contributed by atoms with E-state index in [0.29, 0.717) is 6.42 Å². The van der Waals surface area contributed by atoms with Gasteiger partial charge in [0.25, 0.3) is 0 Å². The van der Waals surface area contributed by atoms with Crippen LogP contribution in [0.3, 0.4) is 0 Å². The molecule has 2 rings (SSSR count). The molecule has 116 valence electrons. The summed E-state index contributed by atoms with van der Waals surface area (Å²) in [5.74, 6) is 0.927. The number of hydrogen-bond acceptors (Lipinski definition) is 3. The highest BCUT2D eigenvalue weighted by atomic mass is 32.2. The molecule has 22 heavy (non-hydrogen) atoms. The number of amides is 1. The van der Waals surface area contributed by atoms with Crippen molar-refractivity contribution in [1.29, 1.82) is 0 Å². The summed E-state index contributed by atoms with van der Waals surface area (Å²) in [6, 6.07) is 14.5. The van der Waals surface area contributed by atoms with Crippen LogP contribution in [0, 0.1) is 13.8 Å². The fourth-order valence-electron chi connectivity index (χ4n) is 1.94. The van der Waals surface area contributed by atoms with Gasteiger partial charge in [0, 0.05) is 27.7 Å². The zero-order chi connectivity index (χ0) is 15.9. The molecule has 1 N–H and O–H groups in total. The van der Waals surface area contributed by atoms with E-state index in [1.807, 2.05) is 30.5 Å². The summed E-state index contributed by atoms with van der Waals surface area (Å²) >= 11 is 3.42. The first-order valence-corrected chi connectivity index (χ1v) is 9.43. The Bertz CT molecular complexity index is 638. The number of hydrogen-bond donors (Lipinski definition) is 1. The molecule has 1 amide bonds. The third-order valence-corrected chi connectivity index (χ3v) is 5.00. The number of rotatable bonds is 6. The van der Waals surface area contributed by atoms with Crippen molar-refractivity contribution >= 4 is 35.1 Å². The van der Waals surface area contributed by atoms with Crippen molar-refractivity contribution in [1.82, 2.24) is 0 Å². The maximum atomic E-state index is 11.7. The second kappa shape index (κ2) is 8.30. The first kappa shape index (κ1) is 17.0. The van der Waals surface area contributed by atoms with Gasteiger partial charge in [0.2, 0.25) is 5.91 Å². The highest BCUT2D eigenvalue weighted by Gasteiger charge is 2.03. The van der Waals surface area contributed by atoms with Crippen molar-refractivity contribution in [3.05, 3.63) is 53.6 Å². The average Bonchev–Trinajstić information content (AvgIpc) is 2.51. The molecule has 0 aliphatic rings. The number of carbonyl (C=O) groups excluding carboxylic acids is 1. The molecule has 2 aromatic carbocycles. The van der Waals surface area contributed by atoms with Crippen LogP contribution < -0.4 is 5.32 Å². The third-order valence-electron chi connectivity index (χ3n) is 3.39. The standard InChI is InChI=1S/C18H21NOS2/c1-13-4-7-17(12-14(13)2)22-16-8-5-15(6-9-16)19-18(20)10-11-21-3/h4-9,12H,10-11H2,1-3H3,(H,19,20). The molecular formula is C18H21NOS2. The molecule has 0 bridgehead atoms. The molecular weight excluding hydrogens is 310 g/mol. The Morgan fingerprint density at radius 2 is 1.68 bits per heavy atom. The molecule has 0 aromatic heterocycles. The Morgan fingerprint density at radius 3 is 2.32 bits per heavy atom. The van der Waals surface area contributed by atoms with E-state index in [-0.39, 0.29) is 5.91 Å². The van der Waals surface area contributed by atoms with E-state index in [9.17, 15) is 4.79 Å². The molecule has 2 aromatic rings. The first-order valence-electron chi connectivity index (χ1n) is 7.22. The lowest BCUT2D eigenvalue weighted by Gasteiger charge is -2.07. The van der Waals surface area contributed by atoms with Gasteiger partial charge >= 0.3 is 0 Å². The summed E-state index contributed by atoms with van der Waals surface area (Å²) in [5, 5.41) is 2.92. The minimum Gasteiger partial charge on any atom is -0.326 e. The molecule has 0 aliphatic carbocycles. The van der Waals surface area contributed by atoms with E-state index in [1.54, 1.807) is 23.5 Å². The third kappa shape index (κ3) is 5.11. The van der Waals surface area contributed by atoms with Crippen LogP contribution in [-0.2, 0) is 4.79 Å². The molecule has 0 heterocycles. The fraction of sp³-hybridized carbons (Fsp3) is 0.278. The first-order chi connectivity index (χ1) is 10.6. The van der Waals surface area contributed by atoms with Gasteiger partial charge in [-0.15, -0.1) is 0 Å². The van der Waals surface area contributed by atoms with Gasteiger partial charge in [-0.3, -0.25) is 4.79 Å². The van der Waals surface area contributed by atoms with E-state index >= 15 is 0 Å². The topological polar surface area (TPSA) is 29.1 Å². The van der Waals surface area contributed by atoms with Gasteiger partial charge in [-0.25, -0.2) is 0 Å². The Hall–Kier alpha value is -1.39. The zero-order valence-electron chi connectivity index (χ0n) is 13.2. The van der Waals surface area contributed by atoms with E-state index in [0.717, 1.165) is 11.4 Å². The van der Waals surface area contributed by atoms with E-state index < -0.39 is 0 Å². The summed E-state index contributed by atoms with van der Waals surface area (Å²) in [6.45, 7) is 4.25. The summed E-state index contributed by atoms with van der Waals surface area (Å²) in [4.78, 5) is 14.1. The molecule has 0 unspecified atom stereocenters. The Morgan fingerprint density at radius 1 is 1.00 bits per heavy atom. The van der Waals surface area contributed by atoms with Gasteiger partial charge in [0.05, 0.1) is 0 Å². The van der Waals surface area contributed by atoms with Crippen LogP contribution >= 0.6 is 23.5 Å². The minimum atomic E-state index is 0.0731. The maximum Gasteiger partial charge on any atom is 0.225 e. The van der Waals surface area contributed by atoms with Crippen LogP contribution in [0.5, 0.6) is 0 Å². The molecule has 0 fully saturated rings. The van der Waals surface area contributed by atoms with Crippen LogP contribution in [-0.4, -0.2) is 17.9 Å². The number of anilines is 1. The summed E-state index contributed by atoms with van der Waals surface area (Å²) in [5.41, 5.74) is 3.48. The van der Waals surface area contributed by atoms with Gasteiger partial charge in [-0.05, 0) is 67.6 Å². The average molecular weight is 332 g/mol. The zero-order valence-corrected chi connectivity index (χ0v) is 14.8. The number of aryl methyl sites for hydroxylation is 2. The molecule has 0 spiro atoms. The number of carbonyl (C=O) groups is 1. The number of thioether (sulfide) groups is 1. The predicted molar refractivity (Wildman–Crippen MR) is 98.1 cm³/mol. The van der Waals surface area contributed by atoms with Crippen LogP contribution in [0.4, 0.5) is 5.69 Å². The van der Waals surface area contributed by atoms with Crippen LogP contribution in [0.15, 0.2) is 52.3 Å². The van der Waals surface area contributed by atoms with Crippen molar-refractivity contribution in [2.75, 3.05) is 17.3 Å². The SMILES string of the molecule is CSCCC(=O)Nc1ccc(Sc2ccc(C)c(C)c2)cc1. The molecule has 0 aliphatic heterocycles. The van der Waals surface area contributed by atoms with Crippen molar-refractivity contribution in [3.8, 4) is 0 Å². The van der Waals surface area contributed by atoms with Gasteiger partial charge in [0.15, 0.2) is 0 Å². The Labute approximate surface area is 141 Å². The van der Waals surface area contributed by atoms with E-state index in [4.69, 9.17) is 0 Å². The smallest absolute Gasteiger partial charge is 0.225 e. The molecule has 0 saturated heterocycles. The van der Waals surface area contributed by atoms with Crippen LogP contribution in [0.2, 0.25) is 0 Å². The molecule has 2 nitrogen and oxygen atoms in total. The minimum absolute atomic E-state index is 0.0731. The maximum absolute atomic E-state index is 11.7. The van der Waals surface area contributed by atoms with Crippen molar-refractivity contribution in [2.24, 2.45) is 0 Å². The molecule has 0 atom stereocenters. The van der Waals surface area contributed by atoms with Gasteiger partial charge in [-0.1, -0.05) is 17.8 Å². The second-order valence-corrected chi connectivity index (χ2v) is 7.30. The summed E-state index contributed by atoms with van der Waals surface area (Å²) in [6.07, 6.45) is 2.56. The fourth-order valence-corrected chi connectivity index (χ4v) is 3.24. The largest absolute Gasteiger partial charge is 0.326 e. The molecule has 0 saturated carbocycles. The van der Waals surface area contributed by atoms with E-state index in [1.165, 1.54) is 20.9 Å². The lowest BCUT2D eigenvalue weighted by atomic mass is 10.1. The molecule has 0 radical (unpaired) electrons. The highest BCUT2D eigenvalue weighted by molar-refractivity contribution is 7.99. The van der Waals surface area contributed by atoms with Crippen LogP contribution in [0.25, 0.3) is 0 Å². The van der Waals surface area contributed by atoms with Crippen molar-refractivity contribution in [2.45, 2.75) is 30.1 Å². The lowest BCUT2D eigenvalue weighted by Crippen LogP contribution is -2.11. The number of benzene rings is 2. The summed E-state index contributed by atoms with van der Waals surface area (Å²) in [7, 11) is 0. The van der Waals surface area contributed by atoms with Gasteiger partial charge in [-0.2, -0.15) is 11.8 Å². The quantitative estimate of drug-likeness (QED) is 0.794. The monoisotopic (exact) mass is 331 g/mol. The van der Waals surface area contributed by atoms with E-state index in [2.05, 4.69) is 37.4 Å².